The van der Waals surface area contributed by atoms with Gasteiger partial charge in [0.1, 0.15) is 11.9 Å². The Labute approximate surface area is 256 Å². The summed E-state index contributed by atoms with van der Waals surface area (Å²) in [5, 5.41) is 5.56. The van der Waals surface area contributed by atoms with Gasteiger partial charge in [-0.2, -0.15) is 0 Å². The van der Waals surface area contributed by atoms with Crippen LogP contribution < -0.4 is 29.6 Å². The Morgan fingerprint density at radius 1 is 0.977 bits per heavy atom. The topological polar surface area (TPSA) is 140 Å². The molecule has 4 aliphatic heterocycles. The number of carbonyl (C=O) groups excluding carboxylic acids is 3. The van der Waals surface area contributed by atoms with Crippen LogP contribution >= 0.6 is 11.8 Å². The van der Waals surface area contributed by atoms with E-state index in [0.29, 0.717) is 57.4 Å². The van der Waals surface area contributed by atoms with E-state index in [4.69, 9.17) is 23.9 Å². The van der Waals surface area contributed by atoms with Gasteiger partial charge in [-0.3, -0.25) is 19.4 Å². The highest BCUT2D eigenvalue weighted by Gasteiger charge is 2.43. The first-order chi connectivity index (χ1) is 21.5. The molecule has 12 nitrogen and oxygen atoms in total. The Morgan fingerprint density at radius 3 is 2.50 bits per heavy atom. The summed E-state index contributed by atoms with van der Waals surface area (Å²) in [7, 11) is 0. The minimum atomic E-state index is -0.929. The predicted octanol–water partition coefficient (Wildman–Crippen LogP) is 3.96. The number of thioether (sulfide) groups is 1. The molecule has 0 unspecified atom stereocenters. The maximum atomic E-state index is 13.7. The second-order valence-electron chi connectivity index (χ2n) is 10.3. The highest BCUT2D eigenvalue weighted by Crippen LogP contribution is 2.37. The number of nitrogens with zero attached hydrogens (tertiary/aromatic N) is 3. The number of para-hydroxylation sites is 1. The predicted molar refractivity (Wildman–Crippen MR) is 163 cm³/mol. The number of hydrogen-bond donors (Lipinski definition) is 2. The van der Waals surface area contributed by atoms with Crippen molar-refractivity contribution in [1.82, 2.24) is 10.2 Å². The summed E-state index contributed by atoms with van der Waals surface area (Å²) in [5.41, 5.74) is 2.73. The molecule has 0 aliphatic carbocycles. The fourth-order valence-corrected chi connectivity index (χ4v) is 6.18. The average molecular weight is 614 g/mol. The van der Waals surface area contributed by atoms with Crippen LogP contribution in [0.2, 0.25) is 0 Å². The monoisotopic (exact) mass is 613 g/mol. The van der Waals surface area contributed by atoms with Crippen LogP contribution in [0.1, 0.15) is 30.9 Å². The molecule has 0 aromatic heterocycles. The lowest BCUT2D eigenvalue weighted by atomic mass is 10.1. The highest BCUT2D eigenvalue weighted by molar-refractivity contribution is 8.15. The third kappa shape index (κ3) is 5.30. The molecule has 0 saturated heterocycles. The van der Waals surface area contributed by atoms with Gasteiger partial charge in [-0.15, -0.1) is 0 Å². The van der Waals surface area contributed by atoms with Crippen molar-refractivity contribution in [3.8, 4) is 23.0 Å². The molecule has 0 bridgehead atoms. The van der Waals surface area contributed by atoms with Crippen LogP contribution in [0.25, 0.3) is 0 Å². The molecule has 7 rings (SSSR count). The lowest BCUT2D eigenvalue weighted by Gasteiger charge is -2.27. The Morgan fingerprint density at radius 2 is 1.70 bits per heavy atom. The number of anilines is 1. The third-order valence-electron chi connectivity index (χ3n) is 7.40. The number of rotatable bonds is 8. The van der Waals surface area contributed by atoms with Crippen molar-refractivity contribution >= 4 is 51.9 Å². The molecule has 4 aliphatic rings. The van der Waals surface area contributed by atoms with Crippen LogP contribution in [0.4, 0.5) is 11.4 Å². The van der Waals surface area contributed by atoms with Gasteiger partial charge >= 0.3 is 0 Å². The number of carbonyl (C=O) groups is 3. The van der Waals surface area contributed by atoms with Crippen molar-refractivity contribution in [2.24, 2.45) is 9.98 Å². The maximum absolute atomic E-state index is 13.7. The van der Waals surface area contributed by atoms with Crippen LogP contribution in [0, 0.1) is 0 Å². The lowest BCUT2D eigenvalue weighted by Crippen LogP contribution is -2.43. The quantitative estimate of drug-likeness (QED) is 0.389. The van der Waals surface area contributed by atoms with E-state index in [9.17, 15) is 14.4 Å². The van der Waals surface area contributed by atoms with Gasteiger partial charge in [0, 0.05) is 23.9 Å². The Hall–Kier alpha value is -5.04. The van der Waals surface area contributed by atoms with Gasteiger partial charge in [0.25, 0.3) is 5.91 Å². The van der Waals surface area contributed by atoms with Gasteiger partial charge < -0.3 is 29.6 Å². The first kappa shape index (κ1) is 27.8. The summed E-state index contributed by atoms with van der Waals surface area (Å²) in [6.45, 7) is 2.46. The van der Waals surface area contributed by atoms with E-state index in [0.717, 1.165) is 5.56 Å². The van der Waals surface area contributed by atoms with Gasteiger partial charge in [-0.05, 0) is 48.4 Å². The van der Waals surface area contributed by atoms with E-state index in [2.05, 4.69) is 15.6 Å². The fraction of sp³-hybridized carbons (Fsp3) is 0.258. The molecular formula is C31H27N5O7S. The summed E-state index contributed by atoms with van der Waals surface area (Å²) in [4.78, 5) is 50.8. The molecule has 44 heavy (non-hydrogen) atoms. The lowest BCUT2D eigenvalue weighted by molar-refractivity contribution is -0.128. The van der Waals surface area contributed by atoms with Crippen LogP contribution in [0.15, 0.2) is 70.6 Å². The first-order valence-corrected chi connectivity index (χ1v) is 15.0. The van der Waals surface area contributed by atoms with E-state index in [1.54, 1.807) is 24.3 Å². The minimum Gasteiger partial charge on any atom is -0.454 e. The summed E-state index contributed by atoms with van der Waals surface area (Å²) in [6.07, 6.45) is 0.340. The molecule has 224 valence electrons. The summed E-state index contributed by atoms with van der Waals surface area (Å²) >= 11 is 1.18. The normalized spacial score (nSPS) is 17.8. The summed E-state index contributed by atoms with van der Waals surface area (Å²) < 4.78 is 21.5. The Balaban J connectivity index is 1.05. The van der Waals surface area contributed by atoms with Crippen molar-refractivity contribution < 1.29 is 33.3 Å². The van der Waals surface area contributed by atoms with Crippen molar-refractivity contribution in [3.63, 3.8) is 0 Å². The van der Waals surface area contributed by atoms with Crippen LogP contribution in [-0.2, 0) is 20.9 Å². The number of fused-ring (bicyclic) bond motifs is 5. The highest BCUT2D eigenvalue weighted by atomic mass is 32.2. The molecular weight excluding hydrogens is 586 g/mol. The van der Waals surface area contributed by atoms with Gasteiger partial charge in [-0.25, -0.2) is 9.89 Å². The number of amidine groups is 2. The second-order valence-corrected chi connectivity index (χ2v) is 11.5. The van der Waals surface area contributed by atoms with Gasteiger partial charge in [-0.1, -0.05) is 36.9 Å². The van der Waals surface area contributed by atoms with Crippen LogP contribution in [-0.4, -0.2) is 58.5 Å². The molecule has 0 spiro atoms. The van der Waals surface area contributed by atoms with E-state index in [1.165, 1.54) is 16.7 Å². The third-order valence-corrected chi connectivity index (χ3v) is 8.72. The van der Waals surface area contributed by atoms with Crippen LogP contribution in [0.5, 0.6) is 23.0 Å². The van der Waals surface area contributed by atoms with Gasteiger partial charge in [0.05, 0.1) is 17.4 Å². The fourth-order valence-electron chi connectivity index (χ4n) is 5.16. The average Bonchev–Trinajstić information content (AvgIpc) is 3.77. The standard InChI is InChI=1S/C31H27N5O7S/c1-2-26(29(38)33-18-8-10-23-25(12-18)43-16-41-23)44-31-35-20-6-4-3-5-19(20)28-34-21(30(39)36(28)31)13-27(37)32-14-17-7-9-22-24(11-17)42-15-40-22/h3-12,21,26H,2,13-16H2,1H3,(H,32,37)(H,33,38)/t21-,26-/m1/s1. The number of aliphatic imine (C=N–C) groups is 2. The van der Waals surface area contributed by atoms with E-state index in [-0.39, 0.29) is 44.3 Å². The number of nitrogens with one attached hydrogen (secondary N) is 2. The zero-order chi connectivity index (χ0) is 30.2. The zero-order valence-electron chi connectivity index (χ0n) is 23.6. The van der Waals surface area contributed by atoms with Crippen molar-refractivity contribution in [2.75, 3.05) is 18.9 Å². The molecule has 3 aromatic rings. The molecule has 0 fully saturated rings. The van der Waals surface area contributed by atoms with E-state index in [1.807, 2.05) is 43.3 Å². The molecule has 3 aromatic carbocycles. The molecule has 3 amide bonds. The van der Waals surface area contributed by atoms with E-state index < -0.39 is 11.3 Å². The Kier molecular flexibility index (Phi) is 7.30. The first-order valence-electron chi connectivity index (χ1n) is 14.1. The molecule has 2 atom stereocenters. The van der Waals surface area contributed by atoms with Crippen molar-refractivity contribution in [1.29, 1.82) is 0 Å². The van der Waals surface area contributed by atoms with Crippen molar-refractivity contribution in [3.05, 3.63) is 71.8 Å². The second kappa shape index (κ2) is 11.6. The summed E-state index contributed by atoms with van der Waals surface area (Å²) in [5.74, 6) is 1.95. The Bertz CT molecular complexity index is 1740. The van der Waals surface area contributed by atoms with Gasteiger partial charge in [0.2, 0.25) is 25.4 Å². The zero-order valence-corrected chi connectivity index (χ0v) is 24.4. The number of ether oxygens (including phenoxy) is 4. The number of benzene rings is 3. The number of hydrogen-bond acceptors (Lipinski definition) is 10. The SMILES string of the molecule is CC[C@@H](SC1=Nc2ccccc2C2=N[C@H](CC(=O)NCc3ccc4c(c3)OCO4)C(=O)N12)C(=O)Nc1ccc2c(c1)OCO2. The van der Waals surface area contributed by atoms with Crippen molar-refractivity contribution in [2.45, 2.75) is 37.6 Å². The largest absolute Gasteiger partial charge is 0.454 e. The molecule has 13 heteroatoms. The summed E-state index contributed by atoms with van der Waals surface area (Å²) in [6, 6.07) is 17.1. The molecule has 0 saturated carbocycles. The maximum Gasteiger partial charge on any atom is 0.259 e. The van der Waals surface area contributed by atoms with Crippen LogP contribution in [0.3, 0.4) is 0 Å². The van der Waals surface area contributed by atoms with Gasteiger partial charge in [0.15, 0.2) is 28.2 Å². The number of amides is 3. The minimum absolute atomic E-state index is 0.134. The molecule has 2 N–H and O–H groups in total. The van der Waals surface area contributed by atoms with E-state index >= 15 is 0 Å². The smallest absolute Gasteiger partial charge is 0.259 e. The molecule has 4 heterocycles. The molecule has 0 radical (unpaired) electrons.